The molecule has 1 atom stereocenters. The van der Waals surface area contributed by atoms with Gasteiger partial charge in [-0.25, -0.2) is 4.39 Å². The highest BCUT2D eigenvalue weighted by atomic mass is 32.2. The van der Waals surface area contributed by atoms with E-state index in [0.29, 0.717) is 12.2 Å². The van der Waals surface area contributed by atoms with Crippen molar-refractivity contribution >= 4 is 23.4 Å². The highest BCUT2D eigenvalue weighted by Crippen LogP contribution is 2.20. The van der Waals surface area contributed by atoms with E-state index in [4.69, 9.17) is 5.73 Å². The van der Waals surface area contributed by atoms with E-state index in [2.05, 4.69) is 0 Å². The van der Waals surface area contributed by atoms with Gasteiger partial charge in [0.25, 0.3) is 5.91 Å². The van der Waals surface area contributed by atoms with Crippen LogP contribution in [0, 0.1) is 5.82 Å². The van der Waals surface area contributed by atoms with Gasteiger partial charge in [-0.2, -0.15) is 11.8 Å². The maximum absolute atomic E-state index is 13.7. The lowest BCUT2D eigenvalue weighted by atomic mass is 10.1. The molecule has 2 N–H and O–H groups in total. The Labute approximate surface area is 104 Å². The van der Waals surface area contributed by atoms with Gasteiger partial charge in [-0.1, -0.05) is 0 Å². The molecule has 1 aromatic rings. The van der Waals surface area contributed by atoms with E-state index >= 15 is 0 Å². The molecule has 0 saturated carbocycles. The van der Waals surface area contributed by atoms with Crippen LogP contribution in [0.5, 0.6) is 0 Å². The van der Waals surface area contributed by atoms with Crippen molar-refractivity contribution in [1.29, 1.82) is 0 Å². The lowest BCUT2D eigenvalue weighted by Gasteiger charge is -2.33. The van der Waals surface area contributed by atoms with Crippen molar-refractivity contribution in [1.82, 2.24) is 4.90 Å². The predicted molar refractivity (Wildman–Crippen MR) is 68.6 cm³/mol. The third-order valence-electron chi connectivity index (χ3n) is 2.85. The second-order valence-corrected chi connectivity index (χ2v) is 5.31. The summed E-state index contributed by atoms with van der Waals surface area (Å²) in [7, 11) is 0. The Balaban J connectivity index is 2.24. The number of halogens is 1. The largest absolute Gasteiger partial charge is 0.399 e. The normalized spacial score (nSPS) is 20.4. The van der Waals surface area contributed by atoms with E-state index in [9.17, 15) is 9.18 Å². The number of nitrogens with two attached hydrogens (primary N) is 1. The SMILES string of the molecule is CC1CSCCN1C(=O)c1ccc(N)cc1F. The summed E-state index contributed by atoms with van der Waals surface area (Å²) in [6.07, 6.45) is 0. The molecular weight excluding hydrogens is 239 g/mol. The molecular formula is C12H15FN2OS. The minimum atomic E-state index is -0.541. The van der Waals surface area contributed by atoms with Crippen LogP contribution < -0.4 is 5.73 Å². The molecule has 1 amide bonds. The Hall–Kier alpha value is -1.23. The zero-order valence-electron chi connectivity index (χ0n) is 9.65. The van der Waals surface area contributed by atoms with Crippen molar-refractivity contribution in [2.45, 2.75) is 13.0 Å². The minimum Gasteiger partial charge on any atom is -0.399 e. The van der Waals surface area contributed by atoms with Gasteiger partial charge in [0.15, 0.2) is 0 Å². The number of anilines is 1. The first-order chi connectivity index (χ1) is 8.09. The first-order valence-corrected chi connectivity index (χ1v) is 6.69. The van der Waals surface area contributed by atoms with Gasteiger partial charge in [0.2, 0.25) is 0 Å². The molecule has 1 aliphatic rings. The molecule has 92 valence electrons. The maximum atomic E-state index is 13.7. The van der Waals surface area contributed by atoms with Gasteiger partial charge < -0.3 is 10.6 Å². The summed E-state index contributed by atoms with van der Waals surface area (Å²) < 4.78 is 13.7. The van der Waals surface area contributed by atoms with Crippen molar-refractivity contribution in [3.05, 3.63) is 29.6 Å². The second-order valence-electron chi connectivity index (χ2n) is 4.16. The van der Waals surface area contributed by atoms with Crippen LogP contribution in [0.3, 0.4) is 0 Å². The van der Waals surface area contributed by atoms with Gasteiger partial charge in [0, 0.05) is 29.8 Å². The highest BCUT2D eigenvalue weighted by Gasteiger charge is 2.26. The minimum absolute atomic E-state index is 0.109. The number of hydrogen-bond donors (Lipinski definition) is 1. The fourth-order valence-electron chi connectivity index (χ4n) is 1.89. The van der Waals surface area contributed by atoms with Gasteiger partial charge >= 0.3 is 0 Å². The summed E-state index contributed by atoms with van der Waals surface area (Å²) in [5.74, 6) is 1.03. The standard InChI is InChI=1S/C12H15FN2OS/c1-8-7-17-5-4-15(8)12(16)10-3-2-9(14)6-11(10)13/h2-3,6,8H,4-5,7,14H2,1H3. The molecule has 2 rings (SSSR count). The number of rotatable bonds is 1. The second kappa shape index (κ2) is 4.96. The molecule has 1 heterocycles. The van der Waals surface area contributed by atoms with E-state index in [1.165, 1.54) is 12.1 Å². The third-order valence-corrected chi connectivity index (χ3v) is 4.04. The number of thioether (sulfide) groups is 1. The Morgan fingerprint density at radius 1 is 1.59 bits per heavy atom. The van der Waals surface area contributed by atoms with Gasteiger partial charge in [-0.05, 0) is 25.1 Å². The third kappa shape index (κ3) is 2.54. The summed E-state index contributed by atoms with van der Waals surface area (Å²) in [5, 5.41) is 0. The van der Waals surface area contributed by atoms with Crippen LogP contribution >= 0.6 is 11.8 Å². The topological polar surface area (TPSA) is 46.3 Å². The number of benzene rings is 1. The lowest BCUT2D eigenvalue weighted by molar-refractivity contribution is 0.0711. The summed E-state index contributed by atoms with van der Waals surface area (Å²) in [4.78, 5) is 13.9. The van der Waals surface area contributed by atoms with E-state index in [-0.39, 0.29) is 17.5 Å². The first kappa shape index (κ1) is 12.2. The van der Waals surface area contributed by atoms with Crippen LogP contribution in [0.2, 0.25) is 0 Å². The number of amides is 1. The fourth-order valence-corrected chi connectivity index (χ4v) is 2.90. The van der Waals surface area contributed by atoms with Crippen molar-refractivity contribution < 1.29 is 9.18 Å². The van der Waals surface area contributed by atoms with Crippen molar-refractivity contribution in [3.8, 4) is 0 Å². The maximum Gasteiger partial charge on any atom is 0.257 e. The lowest BCUT2D eigenvalue weighted by Crippen LogP contribution is -2.44. The Bertz CT molecular complexity index is 439. The molecule has 0 radical (unpaired) electrons. The van der Waals surface area contributed by atoms with Gasteiger partial charge in [-0.15, -0.1) is 0 Å². The van der Waals surface area contributed by atoms with Crippen LogP contribution in [0.25, 0.3) is 0 Å². The summed E-state index contributed by atoms with van der Waals surface area (Å²) in [6.45, 7) is 2.66. The predicted octanol–water partition coefficient (Wildman–Crippen LogP) is 1.99. The van der Waals surface area contributed by atoms with Crippen molar-refractivity contribution in [3.63, 3.8) is 0 Å². The number of carbonyl (C=O) groups excluding carboxylic acids is 1. The molecule has 1 unspecified atom stereocenters. The molecule has 0 spiro atoms. The summed E-state index contributed by atoms with van der Waals surface area (Å²) >= 11 is 1.82. The molecule has 0 aromatic heterocycles. The Kier molecular flexibility index (Phi) is 3.57. The first-order valence-electron chi connectivity index (χ1n) is 5.53. The van der Waals surface area contributed by atoms with Crippen LogP contribution in [0.4, 0.5) is 10.1 Å². The van der Waals surface area contributed by atoms with Gasteiger partial charge in [0.1, 0.15) is 5.82 Å². The summed E-state index contributed by atoms with van der Waals surface area (Å²) in [5.41, 5.74) is 5.91. The molecule has 3 nitrogen and oxygen atoms in total. The highest BCUT2D eigenvalue weighted by molar-refractivity contribution is 7.99. The molecule has 0 aliphatic carbocycles. The smallest absolute Gasteiger partial charge is 0.257 e. The fraction of sp³-hybridized carbons (Fsp3) is 0.417. The van der Waals surface area contributed by atoms with E-state index in [0.717, 1.165) is 11.5 Å². The average Bonchev–Trinajstić information content (AvgIpc) is 2.29. The van der Waals surface area contributed by atoms with Crippen molar-refractivity contribution in [2.24, 2.45) is 0 Å². The average molecular weight is 254 g/mol. The molecule has 1 fully saturated rings. The molecule has 17 heavy (non-hydrogen) atoms. The number of nitrogen functional groups attached to an aromatic ring is 1. The Morgan fingerprint density at radius 3 is 3.00 bits per heavy atom. The number of hydrogen-bond acceptors (Lipinski definition) is 3. The van der Waals surface area contributed by atoms with E-state index in [1.807, 2.05) is 18.7 Å². The molecule has 5 heteroatoms. The van der Waals surface area contributed by atoms with Gasteiger partial charge in [-0.3, -0.25) is 4.79 Å². The zero-order chi connectivity index (χ0) is 12.4. The van der Waals surface area contributed by atoms with Crippen molar-refractivity contribution in [2.75, 3.05) is 23.8 Å². The van der Waals surface area contributed by atoms with Crippen LogP contribution in [0.15, 0.2) is 18.2 Å². The Morgan fingerprint density at radius 2 is 2.35 bits per heavy atom. The van der Waals surface area contributed by atoms with Crippen LogP contribution in [0.1, 0.15) is 17.3 Å². The molecule has 1 aliphatic heterocycles. The van der Waals surface area contributed by atoms with Crippen LogP contribution in [-0.4, -0.2) is 34.9 Å². The van der Waals surface area contributed by atoms with E-state index < -0.39 is 5.82 Å². The summed E-state index contributed by atoms with van der Waals surface area (Å²) in [6, 6.07) is 4.36. The monoisotopic (exact) mass is 254 g/mol. The molecule has 1 saturated heterocycles. The van der Waals surface area contributed by atoms with E-state index in [1.54, 1.807) is 11.0 Å². The van der Waals surface area contributed by atoms with Gasteiger partial charge in [0.05, 0.1) is 5.56 Å². The molecule has 1 aromatic carbocycles. The number of carbonyl (C=O) groups is 1. The quantitative estimate of drug-likeness (QED) is 0.780. The molecule has 0 bridgehead atoms. The van der Waals surface area contributed by atoms with Crippen LogP contribution in [-0.2, 0) is 0 Å². The number of nitrogens with zero attached hydrogens (tertiary/aromatic N) is 1. The zero-order valence-corrected chi connectivity index (χ0v) is 10.5.